The Balaban J connectivity index is 2.34. The minimum atomic E-state index is -0.629. The molecule has 3 rings (SSSR count). The Morgan fingerprint density at radius 1 is 1.09 bits per heavy atom. The highest BCUT2D eigenvalue weighted by molar-refractivity contribution is 6.02. The molecule has 0 amide bonds. The molecule has 1 heterocycles. The maximum Gasteiger partial charge on any atom is 0.344 e. The number of esters is 1. The van der Waals surface area contributed by atoms with E-state index in [4.69, 9.17) is 4.74 Å². The van der Waals surface area contributed by atoms with Crippen molar-refractivity contribution >= 4 is 16.9 Å². The van der Waals surface area contributed by atoms with Crippen molar-refractivity contribution in [3.63, 3.8) is 0 Å². The van der Waals surface area contributed by atoms with Crippen molar-refractivity contribution in [1.29, 1.82) is 0 Å². The summed E-state index contributed by atoms with van der Waals surface area (Å²) in [6, 6.07) is 16.0. The van der Waals surface area contributed by atoms with Crippen molar-refractivity contribution < 1.29 is 9.53 Å². The summed E-state index contributed by atoms with van der Waals surface area (Å²) in [5, 5.41) is 4.84. The molecular formula is C17H14N2O3. The summed E-state index contributed by atoms with van der Waals surface area (Å²) in [6.45, 7) is 1.91. The van der Waals surface area contributed by atoms with E-state index in [1.165, 1.54) is 4.68 Å². The second-order valence-electron chi connectivity index (χ2n) is 4.67. The number of rotatable bonds is 3. The summed E-state index contributed by atoms with van der Waals surface area (Å²) < 4.78 is 6.26. The number of nitrogens with zero attached hydrogens (tertiary/aromatic N) is 2. The summed E-state index contributed by atoms with van der Waals surface area (Å²) in [5.74, 6) is -0.629. The molecule has 3 aromatic rings. The summed E-state index contributed by atoms with van der Waals surface area (Å²) in [7, 11) is 0. The standard InChI is InChI=1S/C17H14N2O3/c1-2-22-17(21)15-13-10-6-7-11-14(13)18-19(16(15)20)12-8-4-3-5-9-12/h3-11H,2H2,1H3. The predicted molar refractivity (Wildman–Crippen MR) is 83.3 cm³/mol. The van der Waals surface area contributed by atoms with E-state index in [0.29, 0.717) is 16.6 Å². The number of carbonyl (C=O) groups excluding carboxylic acids is 1. The first kappa shape index (κ1) is 14.0. The highest BCUT2D eigenvalue weighted by atomic mass is 16.5. The molecule has 0 aliphatic carbocycles. The van der Waals surface area contributed by atoms with E-state index >= 15 is 0 Å². The Labute approximate surface area is 126 Å². The molecule has 5 heteroatoms. The van der Waals surface area contributed by atoms with Gasteiger partial charge in [-0.25, -0.2) is 4.79 Å². The molecule has 0 bridgehead atoms. The molecule has 0 unspecified atom stereocenters. The minimum Gasteiger partial charge on any atom is -0.462 e. The molecule has 0 aliphatic heterocycles. The lowest BCUT2D eigenvalue weighted by Crippen LogP contribution is -2.28. The number of para-hydroxylation sites is 1. The van der Waals surface area contributed by atoms with Crippen LogP contribution in [0.4, 0.5) is 0 Å². The third-order valence-electron chi connectivity index (χ3n) is 3.27. The number of fused-ring (bicyclic) bond motifs is 1. The molecule has 0 N–H and O–H groups in total. The van der Waals surface area contributed by atoms with E-state index in [2.05, 4.69) is 5.10 Å². The Hall–Kier alpha value is -2.95. The molecule has 0 fully saturated rings. The van der Waals surface area contributed by atoms with Gasteiger partial charge in [-0.2, -0.15) is 9.78 Å². The van der Waals surface area contributed by atoms with Gasteiger partial charge < -0.3 is 4.74 Å². The fourth-order valence-electron chi connectivity index (χ4n) is 2.29. The van der Waals surface area contributed by atoms with Crippen molar-refractivity contribution in [2.75, 3.05) is 6.61 Å². The van der Waals surface area contributed by atoms with Crippen LogP contribution in [0.2, 0.25) is 0 Å². The highest BCUT2D eigenvalue weighted by Crippen LogP contribution is 2.16. The maximum atomic E-state index is 12.7. The van der Waals surface area contributed by atoms with Gasteiger partial charge in [0.25, 0.3) is 5.56 Å². The fraction of sp³-hybridized carbons (Fsp3) is 0.118. The highest BCUT2D eigenvalue weighted by Gasteiger charge is 2.19. The molecule has 0 radical (unpaired) electrons. The Morgan fingerprint density at radius 2 is 1.77 bits per heavy atom. The van der Waals surface area contributed by atoms with E-state index in [9.17, 15) is 9.59 Å². The predicted octanol–water partition coefficient (Wildman–Crippen LogP) is 2.56. The van der Waals surface area contributed by atoms with Crippen LogP contribution in [-0.4, -0.2) is 22.4 Å². The van der Waals surface area contributed by atoms with Gasteiger partial charge in [-0.05, 0) is 25.1 Å². The maximum absolute atomic E-state index is 12.7. The number of hydrogen-bond donors (Lipinski definition) is 0. The van der Waals surface area contributed by atoms with Crippen LogP contribution in [0.25, 0.3) is 16.6 Å². The summed E-state index contributed by atoms with van der Waals surface area (Å²) in [5.41, 5.74) is 0.692. The number of carbonyl (C=O) groups is 1. The molecule has 0 saturated carbocycles. The lowest BCUT2D eigenvalue weighted by Gasteiger charge is -2.10. The molecule has 0 aliphatic rings. The summed E-state index contributed by atoms with van der Waals surface area (Å²) in [4.78, 5) is 24.9. The van der Waals surface area contributed by atoms with Crippen LogP contribution in [0.3, 0.4) is 0 Å². The first-order valence-electron chi connectivity index (χ1n) is 6.97. The van der Waals surface area contributed by atoms with Gasteiger partial charge in [0.2, 0.25) is 0 Å². The monoisotopic (exact) mass is 294 g/mol. The Morgan fingerprint density at radius 3 is 2.50 bits per heavy atom. The van der Waals surface area contributed by atoms with Crippen LogP contribution in [0.5, 0.6) is 0 Å². The van der Waals surface area contributed by atoms with Crippen LogP contribution in [0.15, 0.2) is 59.4 Å². The summed E-state index contributed by atoms with van der Waals surface area (Å²) >= 11 is 0. The quantitative estimate of drug-likeness (QED) is 0.697. The molecule has 0 spiro atoms. The number of hydrogen-bond acceptors (Lipinski definition) is 4. The Kier molecular flexibility index (Phi) is 3.70. The zero-order valence-corrected chi connectivity index (χ0v) is 12.0. The van der Waals surface area contributed by atoms with Crippen molar-refractivity contribution in [2.45, 2.75) is 6.92 Å². The number of benzene rings is 2. The van der Waals surface area contributed by atoms with E-state index < -0.39 is 11.5 Å². The van der Waals surface area contributed by atoms with Crippen LogP contribution in [-0.2, 0) is 4.74 Å². The fourth-order valence-corrected chi connectivity index (χ4v) is 2.29. The van der Waals surface area contributed by atoms with Crippen molar-refractivity contribution in [3.05, 3.63) is 70.5 Å². The van der Waals surface area contributed by atoms with Crippen LogP contribution >= 0.6 is 0 Å². The lowest BCUT2D eigenvalue weighted by molar-refractivity contribution is 0.0526. The third-order valence-corrected chi connectivity index (χ3v) is 3.27. The van der Waals surface area contributed by atoms with Gasteiger partial charge in [0, 0.05) is 5.39 Å². The first-order chi connectivity index (χ1) is 10.7. The van der Waals surface area contributed by atoms with Gasteiger partial charge in [-0.1, -0.05) is 36.4 Å². The van der Waals surface area contributed by atoms with Crippen molar-refractivity contribution in [2.24, 2.45) is 0 Å². The van der Waals surface area contributed by atoms with E-state index in [1.54, 1.807) is 37.3 Å². The topological polar surface area (TPSA) is 61.2 Å². The Bertz CT molecular complexity index is 885. The SMILES string of the molecule is CCOC(=O)c1c(=O)n(-c2ccccc2)nc2ccccc12. The average molecular weight is 294 g/mol. The van der Waals surface area contributed by atoms with Crippen molar-refractivity contribution in [1.82, 2.24) is 9.78 Å². The zero-order valence-electron chi connectivity index (χ0n) is 12.0. The van der Waals surface area contributed by atoms with Gasteiger partial charge in [0.1, 0.15) is 5.56 Å². The third kappa shape index (κ3) is 2.37. The molecule has 0 atom stereocenters. The normalized spacial score (nSPS) is 10.6. The minimum absolute atomic E-state index is 0.0105. The van der Waals surface area contributed by atoms with Crippen LogP contribution in [0, 0.1) is 0 Å². The van der Waals surface area contributed by atoms with Gasteiger partial charge in [-0.15, -0.1) is 0 Å². The van der Waals surface area contributed by atoms with E-state index in [1.807, 2.05) is 24.3 Å². The summed E-state index contributed by atoms with van der Waals surface area (Å²) in [6.07, 6.45) is 0. The van der Waals surface area contributed by atoms with E-state index in [-0.39, 0.29) is 12.2 Å². The molecule has 0 saturated heterocycles. The molecule has 22 heavy (non-hydrogen) atoms. The lowest BCUT2D eigenvalue weighted by atomic mass is 10.1. The number of aromatic nitrogens is 2. The molecule has 5 nitrogen and oxygen atoms in total. The smallest absolute Gasteiger partial charge is 0.344 e. The second-order valence-corrected chi connectivity index (χ2v) is 4.67. The van der Waals surface area contributed by atoms with Crippen LogP contribution in [0.1, 0.15) is 17.3 Å². The average Bonchev–Trinajstić information content (AvgIpc) is 2.55. The van der Waals surface area contributed by atoms with Gasteiger partial charge in [0.05, 0.1) is 17.8 Å². The largest absolute Gasteiger partial charge is 0.462 e. The molecular weight excluding hydrogens is 280 g/mol. The number of ether oxygens (including phenoxy) is 1. The zero-order chi connectivity index (χ0) is 15.5. The molecule has 1 aromatic heterocycles. The molecule has 2 aromatic carbocycles. The molecule has 110 valence electrons. The van der Waals surface area contributed by atoms with Crippen LogP contribution < -0.4 is 5.56 Å². The van der Waals surface area contributed by atoms with Gasteiger partial charge in [-0.3, -0.25) is 4.79 Å². The first-order valence-corrected chi connectivity index (χ1v) is 6.97. The van der Waals surface area contributed by atoms with Gasteiger partial charge in [0.15, 0.2) is 0 Å². The van der Waals surface area contributed by atoms with Crippen molar-refractivity contribution in [3.8, 4) is 5.69 Å². The second kappa shape index (κ2) is 5.81. The van der Waals surface area contributed by atoms with Gasteiger partial charge >= 0.3 is 5.97 Å². The van der Waals surface area contributed by atoms with E-state index in [0.717, 1.165) is 0 Å².